The lowest BCUT2D eigenvalue weighted by Crippen LogP contribution is -2.28. The summed E-state index contributed by atoms with van der Waals surface area (Å²) in [6.45, 7) is 0.644. The van der Waals surface area contributed by atoms with Crippen molar-refractivity contribution in [1.82, 2.24) is 5.32 Å². The van der Waals surface area contributed by atoms with E-state index < -0.39 is 0 Å². The molecule has 2 nitrogen and oxygen atoms in total. The number of hydrogen-bond acceptors (Lipinski definition) is 1. The predicted molar refractivity (Wildman–Crippen MR) is 75.8 cm³/mol. The number of benzene rings is 1. The Labute approximate surface area is 122 Å². The van der Waals surface area contributed by atoms with Crippen molar-refractivity contribution >= 4 is 40.7 Å². The average Bonchev–Trinajstić information content (AvgIpc) is 2.75. The van der Waals surface area contributed by atoms with Crippen LogP contribution in [0.15, 0.2) is 18.2 Å². The third kappa shape index (κ3) is 3.53. The summed E-state index contributed by atoms with van der Waals surface area (Å²) >= 11 is 17.9. The van der Waals surface area contributed by atoms with Gasteiger partial charge in [0.25, 0.3) is 5.91 Å². The van der Waals surface area contributed by atoms with E-state index in [2.05, 4.69) is 5.32 Å². The Balaban J connectivity index is 1.93. The summed E-state index contributed by atoms with van der Waals surface area (Å²) in [6.07, 6.45) is 3.06. The van der Waals surface area contributed by atoms with Crippen molar-refractivity contribution in [3.05, 3.63) is 33.8 Å². The number of alkyl halides is 1. The number of carbonyl (C=O) groups is 1. The van der Waals surface area contributed by atoms with Gasteiger partial charge < -0.3 is 5.32 Å². The quantitative estimate of drug-likeness (QED) is 0.836. The van der Waals surface area contributed by atoms with Crippen LogP contribution >= 0.6 is 34.8 Å². The molecule has 1 fully saturated rings. The molecule has 1 aliphatic carbocycles. The van der Waals surface area contributed by atoms with Gasteiger partial charge in [0.1, 0.15) is 0 Å². The van der Waals surface area contributed by atoms with Gasteiger partial charge in [0.05, 0.1) is 10.6 Å². The molecular weight excluding hydrogens is 293 g/mol. The first-order valence-corrected chi connectivity index (χ1v) is 7.13. The van der Waals surface area contributed by atoms with Crippen LogP contribution in [0.3, 0.4) is 0 Å². The summed E-state index contributed by atoms with van der Waals surface area (Å²) in [5.74, 6) is 0.287. The molecule has 18 heavy (non-hydrogen) atoms. The van der Waals surface area contributed by atoms with Gasteiger partial charge in [-0.05, 0) is 43.4 Å². The van der Waals surface area contributed by atoms with Crippen molar-refractivity contribution in [3.8, 4) is 0 Å². The molecule has 1 amide bonds. The van der Waals surface area contributed by atoms with Gasteiger partial charge in [-0.1, -0.05) is 23.2 Å². The first-order valence-electron chi connectivity index (χ1n) is 5.93. The molecule has 1 saturated carbocycles. The van der Waals surface area contributed by atoms with Gasteiger partial charge in [-0.3, -0.25) is 4.79 Å². The number of amides is 1. The maximum Gasteiger partial charge on any atom is 0.252 e. The van der Waals surface area contributed by atoms with Crippen molar-refractivity contribution in [3.63, 3.8) is 0 Å². The van der Waals surface area contributed by atoms with E-state index in [1.165, 1.54) is 0 Å². The zero-order valence-corrected chi connectivity index (χ0v) is 12.0. The van der Waals surface area contributed by atoms with Gasteiger partial charge in [-0.15, -0.1) is 11.6 Å². The summed E-state index contributed by atoms with van der Waals surface area (Å²) in [7, 11) is 0. The molecule has 2 unspecified atom stereocenters. The zero-order chi connectivity index (χ0) is 13.1. The van der Waals surface area contributed by atoms with Gasteiger partial charge in [0, 0.05) is 16.9 Å². The van der Waals surface area contributed by atoms with Crippen molar-refractivity contribution in [2.75, 3.05) is 6.54 Å². The molecule has 98 valence electrons. The summed E-state index contributed by atoms with van der Waals surface area (Å²) in [6, 6.07) is 4.87. The van der Waals surface area contributed by atoms with Crippen LogP contribution in [-0.4, -0.2) is 17.8 Å². The highest BCUT2D eigenvalue weighted by atomic mass is 35.5. The molecular formula is C13H14Cl3NO. The Morgan fingerprint density at radius 3 is 2.78 bits per heavy atom. The summed E-state index contributed by atoms with van der Waals surface area (Å²) in [5, 5.41) is 4.06. The van der Waals surface area contributed by atoms with Crippen LogP contribution in [0.4, 0.5) is 0 Å². The van der Waals surface area contributed by atoms with Crippen molar-refractivity contribution in [1.29, 1.82) is 0 Å². The number of nitrogens with one attached hydrogen (secondary N) is 1. The molecule has 0 aliphatic heterocycles. The fraction of sp³-hybridized carbons (Fsp3) is 0.462. The molecule has 5 heteroatoms. The van der Waals surface area contributed by atoms with E-state index in [0.29, 0.717) is 28.1 Å². The molecule has 0 radical (unpaired) electrons. The van der Waals surface area contributed by atoms with Crippen molar-refractivity contribution in [2.24, 2.45) is 5.92 Å². The second kappa shape index (κ2) is 6.14. The SMILES string of the molecule is O=C(NCC1CCC(Cl)C1)c1cc(Cl)ccc1Cl. The third-order valence-electron chi connectivity index (χ3n) is 3.20. The highest BCUT2D eigenvalue weighted by molar-refractivity contribution is 6.35. The molecule has 0 spiro atoms. The maximum absolute atomic E-state index is 12.0. The van der Waals surface area contributed by atoms with E-state index >= 15 is 0 Å². The zero-order valence-electron chi connectivity index (χ0n) is 9.76. The highest BCUT2D eigenvalue weighted by Crippen LogP contribution is 2.29. The number of rotatable bonds is 3. The van der Waals surface area contributed by atoms with Crippen LogP contribution in [0.2, 0.25) is 10.0 Å². The topological polar surface area (TPSA) is 29.1 Å². The molecule has 0 saturated heterocycles. The number of hydrogen-bond donors (Lipinski definition) is 1. The Bertz CT molecular complexity index is 450. The molecule has 2 rings (SSSR count). The summed E-state index contributed by atoms with van der Waals surface area (Å²) in [4.78, 5) is 12.0. The lowest BCUT2D eigenvalue weighted by molar-refractivity contribution is 0.0947. The van der Waals surface area contributed by atoms with E-state index in [1.807, 2.05) is 0 Å². The van der Waals surface area contributed by atoms with Crippen LogP contribution in [0, 0.1) is 5.92 Å². The minimum Gasteiger partial charge on any atom is -0.352 e. The van der Waals surface area contributed by atoms with Crippen LogP contribution < -0.4 is 5.32 Å². The molecule has 1 aromatic carbocycles. The van der Waals surface area contributed by atoms with E-state index in [-0.39, 0.29) is 11.3 Å². The van der Waals surface area contributed by atoms with Crippen LogP contribution in [0.25, 0.3) is 0 Å². The summed E-state index contributed by atoms with van der Waals surface area (Å²) < 4.78 is 0. The normalized spacial score (nSPS) is 23.1. The largest absolute Gasteiger partial charge is 0.352 e. The van der Waals surface area contributed by atoms with E-state index in [0.717, 1.165) is 19.3 Å². The molecule has 2 atom stereocenters. The molecule has 1 N–H and O–H groups in total. The van der Waals surface area contributed by atoms with E-state index in [9.17, 15) is 4.79 Å². The number of carbonyl (C=O) groups excluding carboxylic acids is 1. The molecule has 1 aromatic rings. The Hall–Kier alpha value is -0.440. The maximum atomic E-state index is 12.0. The Morgan fingerprint density at radius 1 is 1.33 bits per heavy atom. The predicted octanol–water partition coefficient (Wildman–Crippen LogP) is 4.13. The van der Waals surface area contributed by atoms with Crippen LogP contribution in [0.1, 0.15) is 29.6 Å². The molecule has 1 aliphatic rings. The standard InChI is InChI=1S/C13H14Cl3NO/c14-9-2-1-8(5-9)7-17-13(18)11-6-10(15)3-4-12(11)16/h3-4,6,8-9H,1-2,5,7H2,(H,17,18). The summed E-state index contributed by atoms with van der Waals surface area (Å²) in [5.41, 5.74) is 0.421. The minimum atomic E-state index is -0.180. The van der Waals surface area contributed by atoms with E-state index in [4.69, 9.17) is 34.8 Å². The first-order chi connectivity index (χ1) is 8.56. The fourth-order valence-corrected chi connectivity index (χ4v) is 2.96. The highest BCUT2D eigenvalue weighted by Gasteiger charge is 2.23. The second-order valence-corrected chi connectivity index (χ2v) is 6.07. The van der Waals surface area contributed by atoms with Gasteiger partial charge in [-0.2, -0.15) is 0 Å². The average molecular weight is 307 g/mol. The molecule has 0 aromatic heterocycles. The molecule has 0 heterocycles. The van der Waals surface area contributed by atoms with Gasteiger partial charge in [-0.25, -0.2) is 0 Å². The van der Waals surface area contributed by atoms with Gasteiger partial charge >= 0.3 is 0 Å². The first kappa shape index (κ1) is 14.0. The van der Waals surface area contributed by atoms with Crippen molar-refractivity contribution < 1.29 is 4.79 Å². The minimum absolute atomic E-state index is 0.180. The van der Waals surface area contributed by atoms with Gasteiger partial charge in [0.15, 0.2) is 0 Å². The van der Waals surface area contributed by atoms with Gasteiger partial charge in [0.2, 0.25) is 0 Å². The lowest BCUT2D eigenvalue weighted by Gasteiger charge is -2.11. The second-order valence-electron chi connectivity index (χ2n) is 4.61. The Morgan fingerprint density at radius 2 is 2.11 bits per heavy atom. The smallest absolute Gasteiger partial charge is 0.252 e. The third-order valence-corrected chi connectivity index (χ3v) is 4.16. The fourth-order valence-electron chi connectivity index (χ4n) is 2.20. The van der Waals surface area contributed by atoms with Crippen LogP contribution in [-0.2, 0) is 0 Å². The molecule has 0 bridgehead atoms. The monoisotopic (exact) mass is 305 g/mol. The number of halogens is 3. The van der Waals surface area contributed by atoms with Crippen LogP contribution in [0.5, 0.6) is 0 Å². The van der Waals surface area contributed by atoms with E-state index in [1.54, 1.807) is 18.2 Å². The lowest BCUT2D eigenvalue weighted by atomic mass is 10.1. The Kier molecular flexibility index (Phi) is 4.77. The van der Waals surface area contributed by atoms with Crippen molar-refractivity contribution in [2.45, 2.75) is 24.6 Å².